The number of thiophene rings is 1. The van der Waals surface area contributed by atoms with Crippen LogP contribution in [-0.4, -0.2) is 37.8 Å². The monoisotopic (exact) mass is 462 g/mol. The molecule has 0 saturated carbocycles. The molecule has 0 spiro atoms. The summed E-state index contributed by atoms with van der Waals surface area (Å²) in [6, 6.07) is 7.89. The van der Waals surface area contributed by atoms with Crippen LogP contribution in [0.4, 0.5) is 5.00 Å². The average molecular weight is 463 g/mol. The zero-order valence-electron chi connectivity index (χ0n) is 16.7. The van der Waals surface area contributed by atoms with Crippen molar-refractivity contribution in [1.29, 1.82) is 5.26 Å². The molecule has 1 aliphatic rings. The van der Waals surface area contributed by atoms with Crippen molar-refractivity contribution in [2.75, 3.05) is 19.4 Å². The molecule has 1 heterocycles. The van der Waals surface area contributed by atoms with Crippen LogP contribution in [0, 0.1) is 11.3 Å². The highest BCUT2D eigenvalue weighted by Crippen LogP contribution is 2.36. The molecule has 10 heteroatoms. The van der Waals surface area contributed by atoms with Crippen LogP contribution in [0.2, 0.25) is 0 Å². The zero-order valence-corrected chi connectivity index (χ0v) is 19.1. The van der Waals surface area contributed by atoms with Crippen molar-refractivity contribution in [3.05, 3.63) is 45.8 Å². The van der Waals surface area contributed by atoms with Gasteiger partial charge in [-0.05, 0) is 67.7 Å². The molecule has 0 bridgehead atoms. The van der Waals surface area contributed by atoms with Crippen LogP contribution in [0.3, 0.4) is 0 Å². The van der Waals surface area contributed by atoms with Crippen molar-refractivity contribution < 1.29 is 13.2 Å². The van der Waals surface area contributed by atoms with E-state index in [0.29, 0.717) is 10.6 Å². The van der Waals surface area contributed by atoms with Gasteiger partial charge in [-0.3, -0.25) is 10.1 Å². The molecule has 30 heavy (non-hydrogen) atoms. The maximum atomic E-state index is 12.5. The van der Waals surface area contributed by atoms with Gasteiger partial charge in [-0.1, -0.05) is 6.42 Å². The first-order valence-corrected chi connectivity index (χ1v) is 12.1. The van der Waals surface area contributed by atoms with Gasteiger partial charge < -0.3 is 5.32 Å². The zero-order chi connectivity index (χ0) is 21.9. The van der Waals surface area contributed by atoms with Gasteiger partial charge in [0.05, 0.1) is 10.5 Å². The second kappa shape index (κ2) is 9.22. The van der Waals surface area contributed by atoms with Gasteiger partial charge in [-0.2, -0.15) is 5.26 Å². The fourth-order valence-electron chi connectivity index (χ4n) is 3.25. The van der Waals surface area contributed by atoms with Crippen LogP contribution in [0.25, 0.3) is 0 Å². The number of hydrogen-bond acceptors (Lipinski definition) is 6. The van der Waals surface area contributed by atoms with Gasteiger partial charge in [0.15, 0.2) is 5.11 Å². The molecule has 0 unspecified atom stereocenters. The molecule has 2 aromatic rings. The molecular weight excluding hydrogens is 440 g/mol. The summed E-state index contributed by atoms with van der Waals surface area (Å²) in [7, 11) is -0.673. The first-order valence-electron chi connectivity index (χ1n) is 9.43. The van der Waals surface area contributed by atoms with Gasteiger partial charge in [0.1, 0.15) is 11.1 Å². The van der Waals surface area contributed by atoms with Crippen LogP contribution < -0.4 is 10.6 Å². The highest BCUT2D eigenvalue weighted by atomic mass is 32.2. The number of sulfonamides is 1. The van der Waals surface area contributed by atoms with Crippen molar-refractivity contribution in [1.82, 2.24) is 9.62 Å². The van der Waals surface area contributed by atoms with Crippen molar-refractivity contribution in [2.24, 2.45) is 0 Å². The Labute approximate surface area is 185 Å². The van der Waals surface area contributed by atoms with Gasteiger partial charge >= 0.3 is 0 Å². The molecule has 0 fully saturated rings. The standard InChI is InChI=1S/C20H22N4O3S3/c1-24(2)30(26,27)14-10-8-13(9-11-14)18(25)22-20(28)23-19-16(12-21)15-6-4-3-5-7-17(15)29-19/h8-11H,3-7H2,1-2H3,(H2,22,23,25,28). The third-order valence-corrected chi connectivity index (χ3v) is 8.12. The SMILES string of the molecule is CN(C)S(=O)(=O)c1ccc(C(=O)NC(=S)Nc2sc3c(c2C#N)CCCCC3)cc1. The van der Waals surface area contributed by atoms with Crippen LogP contribution in [-0.2, 0) is 22.9 Å². The minimum Gasteiger partial charge on any atom is -0.323 e. The Balaban J connectivity index is 1.70. The maximum absolute atomic E-state index is 12.5. The normalized spacial score (nSPS) is 13.8. The fourth-order valence-corrected chi connectivity index (χ4v) is 5.65. The van der Waals surface area contributed by atoms with E-state index >= 15 is 0 Å². The largest absolute Gasteiger partial charge is 0.323 e. The summed E-state index contributed by atoms with van der Waals surface area (Å²) in [5.41, 5.74) is 1.97. The van der Waals surface area contributed by atoms with Crippen molar-refractivity contribution in [3.8, 4) is 6.07 Å². The molecule has 3 rings (SSSR count). The minimum atomic E-state index is -3.56. The van der Waals surface area contributed by atoms with E-state index in [1.807, 2.05) is 0 Å². The third kappa shape index (κ3) is 4.70. The van der Waals surface area contributed by atoms with Crippen LogP contribution >= 0.6 is 23.6 Å². The first kappa shape index (κ1) is 22.4. The molecule has 0 aliphatic heterocycles. The lowest BCUT2D eigenvalue weighted by Crippen LogP contribution is -2.34. The fraction of sp³-hybridized carbons (Fsp3) is 0.350. The number of nitriles is 1. The summed E-state index contributed by atoms with van der Waals surface area (Å²) in [6.45, 7) is 0. The van der Waals surface area contributed by atoms with Gasteiger partial charge in [0.2, 0.25) is 10.0 Å². The van der Waals surface area contributed by atoms with Crippen LogP contribution in [0.15, 0.2) is 29.2 Å². The topological polar surface area (TPSA) is 102 Å². The molecule has 158 valence electrons. The Morgan fingerprint density at radius 2 is 1.83 bits per heavy atom. The van der Waals surface area contributed by atoms with E-state index in [1.165, 1.54) is 54.6 Å². The second-order valence-electron chi connectivity index (χ2n) is 7.10. The molecule has 1 aliphatic carbocycles. The predicted octanol–water partition coefficient (Wildman–Crippen LogP) is 3.27. The van der Waals surface area contributed by atoms with Gasteiger partial charge in [-0.25, -0.2) is 12.7 Å². The molecule has 1 amide bonds. The number of anilines is 1. The first-order chi connectivity index (χ1) is 14.2. The van der Waals surface area contributed by atoms with E-state index in [4.69, 9.17) is 12.2 Å². The quantitative estimate of drug-likeness (QED) is 0.534. The molecule has 0 atom stereocenters. The number of thiocarbonyl (C=S) groups is 1. The van der Waals surface area contributed by atoms with Gasteiger partial charge in [0.25, 0.3) is 5.91 Å². The lowest BCUT2D eigenvalue weighted by molar-refractivity contribution is 0.0977. The number of rotatable bonds is 4. The average Bonchev–Trinajstić information content (AvgIpc) is 2.86. The predicted molar refractivity (Wildman–Crippen MR) is 121 cm³/mol. The molecule has 1 aromatic heterocycles. The molecule has 7 nitrogen and oxygen atoms in total. The lowest BCUT2D eigenvalue weighted by Gasteiger charge is -2.12. The van der Waals surface area contributed by atoms with Gasteiger partial charge in [-0.15, -0.1) is 11.3 Å². The number of aryl methyl sites for hydroxylation is 1. The maximum Gasteiger partial charge on any atom is 0.257 e. The summed E-state index contributed by atoms with van der Waals surface area (Å²) in [4.78, 5) is 13.8. The highest BCUT2D eigenvalue weighted by molar-refractivity contribution is 7.89. The van der Waals surface area contributed by atoms with Gasteiger partial charge in [0, 0.05) is 24.5 Å². The Morgan fingerprint density at radius 3 is 2.47 bits per heavy atom. The van der Waals surface area contributed by atoms with Crippen molar-refractivity contribution in [2.45, 2.75) is 37.0 Å². The van der Waals surface area contributed by atoms with E-state index in [9.17, 15) is 18.5 Å². The third-order valence-electron chi connectivity index (χ3n) is 4.88. The van der Waals surface area contributed by atoms with Crippen molar-refractivity contribution in [3.63, 3.8) is 0 Å². The van der Waals surface area contributed by atoms with Crippen LogP contribution in [0.1, 0.15) is 45.6 Å². The summed E-state index contributed by atoms with van der Waals surface area (Å²) in [6.07, 6.45) is 5.19. The number of carbonyl (C=O) groups excluding carboxylic acids is 1. The molecular formula is C20H22N4O3S3. The van der Waals surface area contributed by atoms with Crippen molar-refractivity contribution >= 4 is 49.6 Å². The van der Waals surface area contributed by atoms with E-state index in [-0.39, 0.29) is 15.6 Å². The van der Waals surface area contributed by atoms with E-state index in [2.05, 4.69) is 16.7 Å². The Hall–Kier alpha value is -2.32. The number of benzene rings is 1. The van der Waals surface area contributed by atoms with Crippen LogP contribution in [0.5, 0.6) is 0 Å². The molecule has 2 N–H and O–H groups in total. The summed E-state index contributed by atoms with van der Waals surface area (Å²) in [5, 5.41) is 15.9. The smallest absolute Gasteiger partial charge is 0.257 e. The van der Waals surface area contributed by atoms with E-state index in [0.717, 1.165) is 42.0 Å². The highest BCUT2D eigenvalue weighted by Gasteiger charge is 2.21. The number of amides is 1. The number of carbonyl (C=O) groups is 1. The molecule has 0 radical (unpaired) electrons. The lowest BCUT2D eigenvalue weighted by atomic mass is 10.1. The minimum absolute atomic E-state index is 0.0953. The Morgan fingerprint density at radius 1 is 1.17 bits per heavy atom. The Kier molecular flexibility index (Phi) is 6.88. The summed E-state index contributed by atoms with van der Waals surface area (Å²) < 4.78 is 25.4. The van der Waals surface area contributed by atoms with E-state index in [1.54, 1.807) is 0 Å². The second-order valence-corrected chi connectivity index (χ2v) is 10.8. The Bertz CT molecular complexity index is 1110. The summed E-state index contributed by atoms with van der Waals surface area (Å²) >= 11 is 6.77. The summed E-state index contributed by atoms with van der Waals surface area (Å²) in [5.74, 6) is -0.460. The number of hydrogen-bond donors (Lipinski definition) is 2. The number of nitrogens with zero attached hydrogens (tertiary/aromatic N) is 2. The number of nitrogens with one attached hydrogen (secondary N) is 2. The molecule has 1 aromatic carbocycles. The molecule has 0 saturated heterocycles. The number of fused-ring (bicyclic) bond motifs is 1. The van der Waals surface area contributed by atoms with E-state index < -0.39 is 15.9 Å².